The maximum Gasteiger partial charge on any atom is 0.277 e. The molecule has 0 aromatic heterocycles. The number of benzene rings is 3. The Hall–Kier alpha value is -5.32. The highest BCUT2D eigenvalue weighted by atomic mass is 16.6. The molecule has 0 fully saturated rings. The van der Waals surface area contributed by atoms with Gasteiger partial charge in [-0.15, -0.1) is 0 Å². The standard InChI is InChI=1S/C24H19N5O6/c30-21-7-3-1-5-17(21)14-25-27-23(32)20(13-16-9-11-19(12-10-16)29(34)35)24(33)28-26-15-18-6-2-4-8-22(18)31/h1-15,30-31H,(H,27,32)(H,28,33)/b25-14+,26-15+. The van der Waals surface area contributed by atoms with E-state index in [2.05, 4.69) is 21.1 Å². The lowest BCUT2D eigenvalue weighted by molar-refractivity contribution is -0.384. The SMILES string of the molecule is O=C(N/N=C/c1ccccc1O)C(=Cc1ccc([N+](=O)[O-])cc1)C(=O)N/N=C/c1ccccc1O. The molecule has 0 aliphatic rings. The number of nitro groups is 1. The summed E-state index contributed by atoms with van der Waals surface area (Å²) < 4.78 is 0. The topological polar surface area (TPSA) is 167 Å². The molecule has 35 heavy (non-hydrogen) atoms. The summed E-state index contributed by atoms with van der Waals surface area (Å²) in [4.78, 5) is 35.7. The quantitative estimate of drug-likeness (QED) is 0.0980. The van der Waals surface area contributed by atoms with Crippen molar-refractivity contribution in [1.82, 2.24) is 10.9 Å². The average Bonchev–Trinajstić information content (AvgIpc) is 2.85. The number of rotatable bonds is 8. The Bertz CT molecular complexity index is 1260. The summed E-state index contributed by atoms with van der Waals surface area (Å²) in [5.41, 5.74) is 4.85. The third-order valence-electron chi connectivity index (χ3n) is 4.52. The molecule has 2 amide bonds. The van der Waals surface area contributed by atoms with Crippen LogP contribution in [-0.2, 0) is 9.59 Å². The number of nitro benzene ring substituents is 1. The molecule has 0 heterocycles. The Balaban J connectivity index is 1.82. The van der Waals surface area contributed by atoms with E-state index in [0.29, 0.717) is 16.7 Å². The van der Waals surface area contributed by atoms with Crippen molar-refractivity contribution in [3.8, 4) is 11.5 Å². The fourth-order valence-corrected chi connectivity index (χ4v) is 2.73. The minimum atomic E-state index is -0.898. The zero-order chi connectivity index (χ0) is 25.2. The lowest BCUT2D eigenvalue weighted by atomic mass is 10.1. The predicted octanol–water partition coefficient (Wildman–Crippen LogP) is 2.69. The number of nitrogens with zero attached hydrogens (tertiary/aromatic N) is 3. The number of carbonyl (C=O) groups excluding carboxylic acids is 2. The van der Waals surface area contributed by atoms with Gasteiger partial charge in [-0.1, -0.05) is 24.3 Å². The van der Waals surface area contributed by atoms with Gasteiger partial charge < -0.3 is 10.2 Å². The highest BCUT2D eigenvalue weighted by molar-refractivity contribution is 6.21. The number of carbonyl (C=O) groups is 2. The first-order chi connectivity index (χ1) is 16.8. The molecule has 3 rings (SSSR count). The van der Waals surface area contributed by atoms with Crippen molar-refractivity contribution in [2.24, 2.45) is 10.2 Å². The Morgan fingerprint density at radius 1 is 0.771 bits per heavy atom. The second kappa shape index (κ2) is 11.5. The molecule has 0 saturated carbocycles. The summed E-state index contributed by atoms with van der Waals surface area (Å²) in [5.74, 6) is -1.90. The third kappa shape index (κ3) is 6.83. The van der Waals surface area contributed by atoms with Crippen LogP contribution in [0, 0.1) is 10.1 Å². The number of aromatic hydroxyl groups is 2. The van der Waals surface area contributed by atoms with Gasteiger partial charge in [-0.25, -0.2) is 10.9 Å². The number of nitrogens with one attached hydrogen (secondary N) is 2. The van der Waals surface area contributed by atoms with Crippen LogP contribution in [0.25, 0.3) is 6.08 Å². The van der Waals surface area contributed by atoms with Crippen molar-refractivity contribution in [1.29, 1.82) is 0 Å². The normalized spacial score (nSPS) is 10.7. The van der Waals surface area contributed by atoms with Gasteiger partial charge in [-0.05, 0) is 48.0 Å². The van der Waals surface area contributed by atoms with Crippen LogP contribution in [-0.4, -0.2) is 39.4 Å². The van der Waals surface area contributed by atoms with E-state index >= 15 is 0 Å². The molecule has 0 unspecified atom stereocenters. The van der Waals surface area contributed by atoms with Crippen molar-refractivity contribution >= 4 is 36.0 Å². The predicted molar refractivity (Wildman–Crippen MR) is 129 cm³/mol. The number of hydrogen-bond donors (Lipinski definition) is 4. The van der Waals surface area contributed by atoms with Crippen molar-refractivity contribution < 1.29 is 24.7 Å². The van der Waals surface area contributed by atoms with Crippen LogP contribution in [0.3, 0.4) is 0 Å². The number of hydrazone groups is 2. The molecule has 176 valence electrons. The molecule has 11 nitrogen and oxygen atoms in total. The lowest BCUT2D eigenvalue weighted by Crippen LogP contribution is -2.30. The van der Waals surface area contributed by atoms with Gasteiger partial charge >= 0.3 is 0 Å². The van der Waals surface area contributed by atoms with Gasteiger partial charge in [0.15, 0.2) is 0 Å². The first-order valence-electron chi connectivity index (χ1n) is 10.0. The zero-order valence-corrected chi connectivity index (χ0v) is 18.0. The van der Waals surface area contributed by atoms with Crippen LogP contribution in [0.15, 0.2) is 88.6 Å². The Morgan fingerprint density at radius 2 is 1.23 bits per heavy atom. The van der Waals surface area contributed by atoms with Gasteiger partial charge in [0.05, 0.1) is 17.4 Å². The molecule has 0 aliphatic carbocycles. The largest absolute Gasteiger partial charge is 0.507 e. The molecule has 0 saturated heterocycles. The number of hydrogen-bond acceptors (Lipinski definition) is 8. The Kier molecular flexibility index (Phi) is 8.00. The maximum absolute atomic E-state index is 12.7. The molecule has 0 atom stereocenters. The van der Waals surface area contributed by atoms with Gasteiger partial charge in [0.1, 0.15) is 17.1 Å². The Labute approximate surface area is 198 Å². The van der Waals surface area contributed by atoms with Crippen molar-refractivity contribution in [2.75, 3.05) is 0 Å². The lowest BCUT2D eigenvalue weighted by Gasteiger charge is -2.06. The first-order valence-corrected chi connectivity index (χ1v) is 10.0. The zero-order valence-electron chi connectivity index (χ0n) is 18.0. The van der Waals surface area contributed by atoms with Crippen molar-refractivity contribution in [2.45, 2.75) is 0 Å². The summed E-state index contributed by atoms with van der Waals surface area (Å²) >= 11 is 0. The van der Waals surface area contributed by atoms with E-state index in [-0.39, 0.29) is 17.2 Å². The van der Waals surface area contributed by atoms with E-state index in [1.807, 2.05) is 0 Å². The number of phenolic OH excluding ortho intramolecular Hbond substituents is 2. The minimum absolute atomic E-state index is 0.0524. The second-order valence-corrected chi connectivity index (χ2v) is 6.92. The smallest absolute Gasteiger partial charge is 0.277 e. The summed E-state index contributed by atoms with van der Waals surface area (Å²) in [7, 11) is 0. The highest BCUT2D eigenvalue weighted by Gasteiger charge is 2.18. The molecule has 0 spiro atoms. The van der Waals surface area contributed by atoms with Crippen LogP contribution < -0.4 is 10.9 Å². The molecular formula is C24H19N5O6. The van der Waals surface area contributed by atoms with E-state index in [1.165, 1.54) is 54.9 Å². The fourth-order valence-electron chi connectivity index (χ4n) is 2.73. The van der Waals surface area contributed by atoms with Crippen LogP contribution >= 0.6 is 0 Å². The van der Waals surface area contributed by atoms with Crippen LogP contribution in [0.1, 0.15) is 16.7 Å². The molecule has 0 radical (unpaired) electrons. The monoisotopic (exact) mass is 473 g/mol. The van der Waals surface area contributed by atoms with Crippen LogP contribution in [0.5, 0.6) is 11.5 Å². The van der Waals surface area contributed by atoms with E-state index in [1.54, 1.807) is 36.4 Å². The molecule has 11 heteroatoms. The second-order valence-electron chi connectivity index (χ2n) is 6.92. The molecule has 0 bridgehead atoms. The maximum atomic E-state index is 12.7. The summed E-state index contributed by atoms with van der Waals surface area (Å²) in [6.07, 6.45) is 3.61. The van der Waals surface area contributed by atoms with E-state index < -0.39 is 22.3 Å². The number of non-ortho nitro benzene ring substituents is 1. The minimum Gasteiger partial charge on any atom is -0.507 e. The summed E-state index contributed by atoms with van der Waals surface area (Å²) in [5, 5.41) is 37.9. The van der Waals surface area contributed by atoms with Crippen LogP contribution in [0.4, 0.5) is 5.69 Å². The molecular weight excluding hydrogens is 454 g/mol. The fraction of sp³-hybridized carbons (Fsp3) is 0. The first kappa shape index (κ1) is 24.3. The summed E-state index contributed by atoms with van der Waals surface area (Å²) in [6.45, 7) is 0. The van der Waals surface area contributed by atoms with Crippen molar-refractivity contribution in [3.05, 3.63) is 105 Å². The summed E-state index contributed by atoms with van der Waals surface area (Å²) in [6, 6.07) is 17.8. The Morgan fingerprint density at radius 3 is 1.66 bits per heavy atom. The molecule has 0 aliphatic heterocycles. The van der Waals surface area contributed by atoms with Crippen LogP contribution in [0.2, 0.25) is 0 Å². The number of para-hydroxylation sites is 2. The van der Waals surface area contributed by atoms with E-state index in [9.17, 15) is 29.9 Å². The van der Waals surface area contributed by atoms with E-state index in [0.717, 1.165) is 0 Å². The molecule has 4 N–H and O–H groups in total. The van der Waals surface area contributed by atoms with Gasteiger partial charge in [0.2, 0.25) is 0 Å². The van der Waals surface area contributed by atoms with Gasteiger partial charge in [0, 0.05) is 23.3 Å². The van der Waals surface area contributed by atoms with Gasteiger partial charge in [0.25, 0.3) is 17.5 Å². The number of amides is 2. The highest BCUT2D eigenvalue weighted by Crippen LogP contribution is 2.16. The van der Waals surface area contributed by atoms with E-state index in [4.69, 9.17) is 0 Å². The van der Waals surface area contributed by atoms with Gasteiger partial charge in [-0.2, -0.15) is 10.2 Å². The third-order valence-corrected chi connectivity index (χ3v) is 4.52. The average molecular weight is 473 g/mol. The molecule has 3 aromatic carbocycles. The van der Waals surface area contributed by atoms with Gasteiger partial charge in [-0.3, -0.25) is 19.7 Å². The van der Waals surface area contributed by atoms with Crippen molar-refractivity contribution in [3.63, 3.8) is 0 Å². The molecule has 3 aromatic rings. The number of phenols is 2.